The van der Waals surface area contributed by atoms with Crippen LogP contribution in [0.15, 0.2) is 41.3 Å². The van der Waals surface area contributed by atoms with Gasteiger partial charge in [0.2, 0.25) is 11.6 Å². The molecule has 0 spiro atoms. The number of aromatic nitrogens is 4. The zero-order chi connectivity index (χ0) is 15.4. The van der Waals surface area contributed by atoms with E-state index in [9.17, 15) is 4.79 Å². The summed E-state index contributed by atoms with van der Waals surface area (Å²) >= 11 is 0. The molecule has 3 heterocycles. The van der Waals surface area contributed by atoms with Crippen LogP contribution in [-0.4, -0.2) is 32.6 Å². The van der Waals surface area contributed by atoms with E-state index in [0.29, 0.717) is 23.1 Å². The van der Waals surface area contributed by atoms with E-state index >= 15 is 0 Å². The number of hydrogen-bond donors (Lipinski definition) is 1. The van der Waals surface area contributed by atoms with Crippen LogP contribution < -0.4 is 10.1 Å². The maximum absolute atomic E-state index is 11.8. The molecule has 0 unspecified atom stereocenters. The topological polar surface area (TPSA) is 94.6 Å². The Morgan fingerprint density at radius 1 is 1.50 bits per heavy atom. The third-order valence-corrected chi connectivity index (χ3v) is 2.92. The van der Waals surface area contributed by atoms with E-state index in [1.165, 1.54) is 13.2 Å². The lowest BCUT2D eigenvalue weighted by Gasteiger charge is -2.02. The van der Waals surface area contributed by atoms with Gasteiger partial charge < -0.3 is 14.5 Å². The number of methoxy groups -OCH3 is 1. The minimum absolute atomic E-state index is 0.232. The van der Waals surface area contributed by atoms with E-state index < -0.39 is 0 Å². The van der Waals surface area contributed by atoms with Gasteiger partial charge in [-0.15, -0.1) is 10.2 Å². The summed E-state index contributed by atoms with van der Waals surface area (Å²) in [6.07, 6.45) is 7.81. The van der Waals surface area contributed by atoms with Gasteiger partial charge >= 0.3 is 0 Å². The summed E-state index contributed by atoms with van der Waals surface area (Å²) in [4.78, 5) is 15.8. The monoisotopic (exact) mass is 299 g/mol. The number of nitrogens with one attached hydrogen (secondary N) is 1. The molecule has 0 aliphatic carbocycles. The highest BCUT2D eigenvalue weighted by Gasteiger charge is 2.10. The minimum atomic E-state index is -0.255. The largest absolute Gasteiger partial charge is 0.478 e. The molecule has 8 nitrogen and oxygen atoms in total. The Hall–Kier alpha value is -3.16. The highest BCUT2D eigenvalue weighted by Crippen LogP contribution is 2.13. The number of ether oxygens (including phenoxy) is 1. The van der Waals surface area contributed by atoms with Gasteiger partial charge in [-0.25, -0.2) is 4.98 Å². The Morgan fingerprint density at radius 3 is 3.18 bits per heavy atom. The minimum Gasteiger partial charge on any atom is -0.478 e. The fourth-order valence-corrected chi connectivity index (χ4v) is 1.89. The smallest absolute Gasteiger partial charge is 0.260 e. The zero-order valence-corrected chi connectivity index (χ0v) is 11.8. The molecule has 0 aromatic carbocycles. The number of carbonyl (C=O) groups excluding carboxylic acids is 1. The second-order valence-electron chi connectivity index (χ2n) is 4.31. The summed E-state index contributed by atoms with van der Waals surface area (Å²) in [7, 11) is 1.51. The van der Waals surface area contributed by atoms with E-state index in [1.807, 2.05) is 0 Å². The Balaban J connectivity index is 1.68. The first kappa shape index (κ1) is 13.8. The molecule has 0 aliphatic heterocycles. The van der Waals surface area contributed by atoms with Crippen molar-refractivity contribution in [2.45, 2.75) is 6.54 Å². The average molecular weight is 299 g/mol. The summed E-state index contributed by atoms with van der Waals surface area (Å²) in [6, 6.07) is 3.51. The van der Waals surface area contributed by atoms with E-state index in [-0.39, 0.29) is 12.5 Å². The van der Waals surface area contributed by atoms with Crippen molar-refractivity contribution in [3.05, 3.63) is 48.5 Å². The van der Waals surface area contributed by atoms with E-state index in [0.717, 1.165) is 0 Å². The van der Waals surface area contributed by atoms with Gasteiger partial charge in [0, 0.05) is 18.5 Å². The van der Waals surface area contributed by atoms with Crippen molar-refractivity contribution in [1.82, 2.24) is 24.9 Å². The molecule has 1 amide bonds. The van der Waals surface area contributed by atoms with Crippen molar-refractivity contribution in [2.24, 2.45) is 0 Å². The fraction of sp³-hybridized carbons (Fsp3) is 0.143. The third kappa shape index (κ3) is 2.80. The van der Waals surface area contributed by atoms with Gasteiger partial charge in [-0.05, 0) is 18.2 Å². The van der Waals surface area contributed by atoms with Crippen molar-refractivity contribution in [2.75, 3.05) is 7.11 Å². The summed E-state index contributed by atoms with van der Waals surface area (Å²) in [5, 5.41) is 10.7. The maximum atomic E-state index is 11.8. The van der Waals surface area contributed by atoms with E-state index in [1.54, 1.807) is 41.3 Å². The van der Waals surface area contributed by atoms with Gasteiger partial charge in [0.1, 0.15) is 5.76 Å². The molecule has 8 heteroatoms. The van der Waals surface area contributed by atoms with Crippen LogP contribution in [0, 0.1) is 0 Å². The summed E-state index contributed by atoms with van der Waals surface area (Å²) in [5.74, 6) is 1.31. The second kappa shape index (κ2) is 6.08. The normalized spacial score (nSPS) is 11.1. The van der Waals surface area contributed by atoms with Crippen LogP contribution in [0.1, 0.15) is 11.6 Å². The predicted octanol–water partition coefficient (Wildman–Crippen LogP) is 1.06. The summed E-state index contributed by atoms with van der Waals surface area (Å²) in [6.45, 7) is 0.232. The van der Waals surface area contributed by atoms with E-state index in [2.05, 4.69) is 20.5 Å². The van der Waals surface area contributed by atoms with E-state index in [4.69, 9.17) is 9.15 Å². The van der Waals surface area contributed by atoms with Crippen LogP contribution in [0.3, 0.4) is 0 Å². The Labute approximate surface area is 125 Å². The number of hydrogen-bond acceptors (Lipinski definition) is 6. The average Bonchev–Trinajstić information content (AvgIpc) is 3.20. The quantitative estimate of drug-likeness (QED) is 0.708. The fourth-order valence-electron chi connectivity index (χ4n) is 1.89. The lowest BCUT2D eigenvalue weighted by molar-refractivity contribution is -0.116. The molecule has 1 N–H and O–H groups in total. The van der Waals surface area contributed by atoms with Crippen LogP contribution in [0.2, 0.25) is 0 Å². The molecule has 3 aromatic heterocycles. The standard InChI is InChI=1S/C14H13N5O3/c1-21-14-13-18-17-11(19(13)7-6-15-14)9-16-12(20)5-4-10-3-2-8-22-10/h2-8H,9H2,1H3,(H,16,20). The number of rotatable bonds is 5. The molecule has 3 aromatic rings. The molecule has 112 valence electrons. The first-order chi connectivity index (χ1) is 10.8. The Morgan fingerprint density at radius 2 is 2.41 bits per heavy atom. The maximum Gasteiger partial charge on any atom is 0.260 e. The lowest BCUT2D eigenvalue weighted by Crippen LogP contribution is -2.21. The Kier molecular flexibility index (Phi) is 3.82. The van der Waals surface area contributed by atoms with Crippen molar-refractivity contribution in [3.63, 3.8) is 0 Å². The highest BCUT2D eigenvalue weighted by molar-refractivity contribution is 5.91. The lowest BCUT2D eigenvalue weighted by atomic mass is 10.4. The molecule has 0 atom stereocenters. The van der Waals surface area contributed by atoms with Crippen LogP contribution in [0.25, 0.3) is 11.7 Å². The van der Waals surface area contributed by atoms with Crippen molar-refractivity contribution in [3.8, 4) is 5.88 Å². The van der Waals surface area contributed by atoms with Crippen LogP contribution in [-0.2, 0) is 11.3 Å². The van der Waals surface area contributed by atoms with Crippen LogP contribution in [0.4, 0.5) is 0 Å². The first-order valence-electron chi connectivity index (χ1n) is 6.50. The van der Waals surface area contributed by atoms with Crippen LogP contribution in [0.5, 0.6) is 5.88 Å². The molecule has 22 heavy (non-hydrogen) atoms. The first-order valence-corrected chi connectivity index (χ1v) is 6.50. The molecule has 0 bridgehead atoms. The zero-order valence-electron chi connectivity index (χ0n) is 11.8. The predicted molar refractivity (Wildman–Crippen MR) is 76.9 cm³/mol. The number of fused-ring (bicyclic) bond motifs is 1. The Bertz CT molecular complexity index is 807. The van der Waals surface area contributed by atoms with Gasteiger partial charge in [-0.1, -0.05) is 0 Å². The number of amides is 1. The van der Waals surface area contributed by atoms with Gasteiger partial charge in [0.05, 0.1) is 19.9 Å². The molecule has 0 saturated heterocycles. The molecule has 0 fully saturated rings. The molecule has 3 rings (SSSR count). The van der Waals surface area contributed by atoms with Gasteiger partial charge in [0.25, 0.3) is 5.88 Å². The number of carbonyl (C=O) groups is 1. The molecule has 0 radical (unpaired) electrons. The molecule has 0 saturated carbocycles. The number of nitrogens with zero attached hydrogens (tertiary/aromatic N) is 4. The van der Waals surface area contributed by atoms with Gasteiger partial charge in [0.15, 0.2) is 5.82 Å². The molecular weight excluding hydrogens is 286 g/mol. The van der Waals surface area contributed by atoms with Crippen molar-refractivity contribution in [1.29, 1.82) is 0 Å². The molecule has 0 aliphatic rings. The summed E-state index contributed by atoms with van der Waals surface area (Å²) in [5.41, 5.74) is 0.500. The van der Waals surface area contributed by atoms with Gasteiger partial charge in [-0.2, -0.15) is 0 Å². The SMILES string of the molecule is COc1nccn2c(CNC(=O)C=Cc3ccco3)nnc12. The van der Waals surface area contributed by atoms with Gasteiger partial charge in [-0.3, -0.25) is 9.20 Å². The highest BCUT2D eigenvalue weighted by atomic mass is 16.5. The van der Waals surface area contributed by atoms with Crippen LogP contribution >= 0.6 is 0 Å². The third-order valence-electron chi connectivity index (χ3n) is 2.92. The van der Waals surface area contributed by atoms with Crippen molar-refractivity contribution >= 4 is 17.6 Å². The second-order valence-corrected chi connectivity index (χ2v) is 4.31. The summed E-state index contributed by atoms with van der Waals surface area (Å²) < 4.78 is 11.9. The number of furan rings is 1. The molecular formula is C14H13N5O3. The van der Waals surface area contributed by atoms with Crippen molar-refractivity contribution < 1.29 is 13.9 Å².